The average Bonchev–Trinajstić information content (AvgIpc) is 2.15. The quantitative estimate of drug-likeness (QED) is 0.871. The molecule has 0 saturated carbocycles. The molecule has 88 valence electrons. The Labute approximate surface area is 111 Å². The Balaban J connectivity index is 3.15. The predicted octanol–water partition coefficient (Wildman–Crippen LogP) is 2.10. The highest BCUT2D eigenvalue weighted by Crippen LogP contribution is 2.36. The van der Waals surface area contributed by atoms with Crippen molar-refractivity contribution in [2.75, 3.05) is 7.11 Å². The number of carbonyl (C=O) groups is 1. The molecular formula is C10H12Br2N2O2. The summed E-state index contributed by atoms with van der Waals surface area (Å²) in [6.45, 7) is 0. The van der Waals surface area contributed by atoms with E-state index in [1.807, 2.05) is 12.1 Å². The van der Waals surface area contributed by atoms with E-state index in [4.69, 9.17) is 16.2 Å². The van der Waals surface area contributed by atoms with Crippen LogP contribution in [0.5, 0.6) is 5.75 Å². The van der Waals surface area contributed by atoms with Gasteiger partial charge in [-0.1, -0.05) is 15.9 Å². The van der Waals surface area contributed by atoms with Crippen molar-refractivity contribution in [3.63, 3.8) is 0 Å². The van der Waals surface area contributed by atoms with Crippen molar-refractivity contribution in [3.8, 4) is 5.75 Å². The lowest BCUT2D eigenvalue weighted by Gasteiger charge is -2.16. The minimum absolute atomic E-state index is 0.0826. The van der Waals surface area contributed by atoms with Crippen molar-refractivity contribution in [1.29, 1.82) is 0 Å². The molecule has 16 heavy (non-hydrogen) atoms. The summed E-state index contributed by atoms with van der Waals surface area (Å²) in [7, 11) is 1.55. The third-order valence-corrected chi connectivity index (χ3v) is 3.11. The van der Waals surface area contributed by atoms with Crippen LogP contribution in [0, 0.1) is 0 Å². The lowest BCUT2D eigenvalue weighted by Crippen LogP contribution is -2.21. The number of rotatable bonds is 4. The molecule has 1 rings (SSSR count). The van der Waals surface area contributed by atoms with Gasteiger partial charge in [0.2, 0.25) is 5.91 Å². The number of amides is 1. The van der Waals surface area contributed by atoms with Gasteiger partial charge in [0.15, 0.2) is 0 Å². The highest BCUT2D eigenvalue weighted by atomic mass is 79.9. The smallest absolute Gasteiger partial charge is 0.219 e. The van der Waals surface area contributed by atoms with Gasteiger partial charge in [-0.05, 0) is 28.1 Å². The summed E-state index contributed by atoms with van der Waals surface area (Å²) >= 11 is 6.72. The Morgan fingerprint density at radius 2 is 2.12 bits per heavy atom. The van der Waals surface area contributed by atoms with E-state index in [1.54, 1.807) is 7.11 Å². The molecular weight excluding hydrogens is 340 g/mol. The van der Waals surface area contributed by atoms with Gasteiger partial charge in [-0.25, -0.2) is 0 Å². The summed E-state index contributed by atoms with van der Waals surface area (Å²) in [5, 5.41) is 0. The number of hydrogen-bond donors (Lipinski definition) is 2. The molecule has 1 amide bonds. The first-order chi connectivity index (χ1) is 7.45. The van der Waals surface area contributed by atoms with E-state index in [2.05, 4.69) is 31.9 Å². The molecule has 0 fully saturated rings. The zero-order valence-corrected chi connectivity index (χ0v) is 11.8. The van der Waals surface area contributed by atoms with Crippen LogP contribution in [0.15, 0.2) is 21.1 Å². The van der Waals surface area contributed by atoms with Crippen LogP contribution in [-0.2, 0) is 4.79 Å². The molecule has 4 nitrogen and oxygen atoms in total. The standard InChI is InChI=1S/C10H12Br2N2O2/c1-16-10-6(8(13)4-9(14)15)2-5(11)3-7(10)12/h2-3,8H,4,13H2,1H3,(H2,14,15). The minimum atomic E-state index is -0.471. The van der Waals surface area contributed by atoms with Crippen LogP contribution in [0.4, 0.5) is 0 Å². The number of halogens is 2. The van der Waals surface area contributed by atoms with Crippen molar-refractivity contribution < 1.29 is 9.53 Å². The fourth-order valence-corrected chi connectivity index (χ4v) is 2.82. The molecule has 0 saturated heterocycles. The van der Waals surface area contributed by atoms with Gasteiger partial charge in [0.1, 0.15) is 5.75 Å². The van der Waals surface area contributed by atoms with Gasteiger partial charge in [-0.3, -0.25) is 4.79 Å². The monoisotopic (exact) mass is 350 g/mol. The molecule has 1 aromatic carbocycles. The Morgan fingerprint density at radius 1 is 1.50 bits per heavy atom. The summed E-state index contributed by atoms with van der Waals surface area (Å²) in [5.74, 6) is 0.183. The predicted molar refractivity (Wildman–Crippen MR) is 69.1 cm³/mol. The van der Waals surface area contributed by atoms with Crippen LogP contribution in [-0.4, -0.2) is 13.0 Å². The van der Waals surface area contributed by atoms with Gasteiger partial charge in [0.25, 0.3) is 0 Å². The van der Waals surface area contributed by atoms with Gasteiger partial charge >= 0.3 is 0 Å². The lowest BCUT2D eigenvalue weighted by molar-refractivity contribution is -0.118. The minimum Gasteiger partial charge on any atom is -0.495 e. The van der Waals surface area contributed by atoms with E-state index in [-0.39, 0.29) is 6.42 Å². The number of benzene rings is 1. The van der Waals surface area contributed by atoms with Gasteiger partial charge in [-0.15, -0.1) is 0 Å². The van der Waals surface area contributed by atoms with Crippen molar-refractivity contribution in [2.45, 2.75) is 12.5 Å². The zero-order valence-electron chi connectivity index (χ0n) is 8.67. The van der Waals surface area contributed by atoms with Crippen LogP contribution in [0.3, 0.4) is 0 Å². The Morgan fingerprint density at radius 3 is 2.62 bits per heavy atom. The maximum Gasteiger partial charge on any atom is 0.219 e. The molecule has 0 heterocycles. The number of hydrogen-bond acceptors (Lipinski definition) is 3. The second kappa shape index (κ2) is 5.65. The van der Waals surface area contributed by atoms with E-state index in [1.165, 1.54) is 0 Å². The number of nitrogens with two attached hydrogens (primary N) is 2. The van der Waals surface area contributed by atoms with E-state index in [0.29, 0.717) is 5.75 Å². The highest BCUT2D eigenvalue weighted by molar-refractivity contribution is 9.11. The van der Waals surface area contributed by atoms with Crippen LogP contribution < -0.4 is 16.2 Å². The summed E-state index contributed by atoms with van der Waals surface area (Å²) < 4.78 is 6.87. The fraction of sp³-hybridized carbons (Fsp3) is 0.300. The second-order valence-corrected chi connectivity index (χ2v) is 5.06. The van der Waals surface area contributed by atoms with Crippen molar-refractivity contribution in [2.24, 2.45) is 11.5 Å². The Hall–Kier alpha value is -0.590. The molecule has 0 aliphatic heterocycles. The summed E-state index contributed by atoms with van der Waals surface area (Å²) in [6, 6.07) is 3.19. The fourth-order valence-electron chi connectivity index (χ4n) is 1.40. The van der Waals surface area contributed by atoms with Crippen LogP contribution >= 0.6 is 31.9 Å². The molecule has 1 unspecified atom stereocenters. The van der Waals surface area contributed by atoms with E-state index in [9.17, 15) is 4.79 Å². The molecule has 0 aromatic heterocycles. The SMILES string of the molecule is COc1c(Br)cc(Br)cc1C(N)CC(N)=O. The number of methoxy groups -OCH3 is 1. The van der Waals surface area contributed by atoms with E-state index < -0.39 is 11.9 Å². The normalized spacial score (nSPS) is 12.2. The topological polar surface area (TPSA) is 78.3 Å². The van der Waals surface area contributed by atoms with Gasteiger partial charge in [-0.2, -0.15) is 0 Å². The maximum atomic E-state index is 10.8. The van der Waals surface area contributed by atoms with Crippen LogP contribution in [0.1, 0.15) is 18.0 Å². The molecule has 0 aliphatic rings. The molecule has 1 aromatic rings. The van der Waals surface area contributed by atoms with Gasteiger partial charge in [0, 0.05) is 22.5 Å². The summed E-state index contributed by atoms with van der Waals surface area (Å²) in [5.41, 5.74) is 11.7. The Kier molecular flexibility index (Phi) is 4.76. The zero-order chi connectivity index (χ0) is 12.3. The first kappa shape index (κ1) is 13.5. The average molecular weight is 352 g/mol. The van der Waals surface area contributed by atoms with E-state index in [0.717, 1.165) is 14.5 Å². The number of ether oxygens (including phenoxy) is 1. The van der Waals surface area contributed by atoms with Crippen molar-refractivity contribution in [1.82, 2.24) is 0 Å². The van der Waals surface area contributed by atoms with Crippen molar-refractivity contribution >= 4 is 37.8 Å². The molecule has 1 atom stereocenters. The van der Waals surface area contributed by atoms with Gasteiger partial charge in [0.05, 0.1) is 11.6 Å². The molecule has 0 radical (unpaired) electrons. The second-order valence-electron chi connectivity index (χ2n) is 3.29. The first-order valence-electron chi connectivity index (χ1n) is 4.52. The molecule has 0 bridgehead atoms. The van der Waals surface area contributed by atoms with E-state index >= 15 is 0 Å². The lowest BCUT2D eigenvalue weighted by atomic mass is 10.0. The number of primary amides is 1. The first-order valence-corrected chi connectivity index (χ1v) is 6.11. The van der Waals surface area contributed by atoms with Crippen molar-refractivity contribution in [3.05, 3.63) is 26.6 Å². The number of carbonyl (C=O) groups excluding carboxylic acids is 1. The largest absolute Gasteiger partial charge is 0.495 e. The molecule has 0 aliphatic carbocycles. The maximum absolute atomic E-state index is 10.8. The third-order valence-electron chi connectivity index (χ3n) is 2.06. The van der Waals surface area contributed by atoms with Gasteiger partial charge < -0.3 is 16.2 Å². The van der Waals surface area contributed by atoms with Crippen LogP contribution in [0.2, 0.25) is 0 Å². The Bertz CT molecular complexity index is 410. The van der Waals surface area contributed by atoms with Crippen LogP contribution in [0.25, 0.3) is 0 Å². The summed E-state index contributed by atoms with van der Waals surface area (Å²) in [4.78, 5) is 10.8. The molecule has 6 heteroatoms. The summed E-state index contributed by atoms with van der Waals surface area (Å²) in [6.07, 6.45) is 0.0826. The molecule has 0 spiro atoms. The molecule has 4 N–H and O–H groups in total. The highest BCUT2D eigenvalue weighted by Gasteiger charge is 2.17. The third kappa shape index (κ3) is 3.20.